The second-order valence-corrected chi connectivity index (χ2v) is 5.15. The van der Waals surface area contributed by atoms with E-state index in [2.05, 4.69) is 4.72 Å². The largest absolute Gasteiger partial charge is 0.502 e. The van der Waals surface area contributed by atoms with Gasteiger partial charge in [-0.1, -0.05) is 13.3 Å². The van der Waals surface area contributed by atoms with Crippen LogP contribution in [0.25, 0.3) is 5.53 Å². The number of rotatable bonds is 6. The fourth-order valence-corrected chi connectivity index (χ4v) is 2.25. The van der Waals surface area contributed by atoms with Crippen LogP contribution in [0.2, 0.25) is 0 Å². The van der Waals surface area contributed by atoms with E-state index in [1.807, 2.05) is 12.0 Å². The molecule has 2 N–H and O–H groups in total. The van der Waals surface area contributed by atoms with Crippen molar-refractivity contribution in [3.63, 3.8) is 0 Å². The first-order chi connectivity index (χ1) is 7.60. The number of benzene rings is 1. The molecule has 6 heteroatoms. The smallest absolute Gasteiger partial charge is 0.240 e. The van der Waals surface area contributed by atoms with E-state index in [1.165, 1.54) is 24.3 Å². The molecule has 0 aliphatic carbocycles. The Hall–Kier alpha value is -1.27. The fourth-order valence-electron chi connectivity index (χ4n) is 1.18. The third-order valence-corrected chi connectivity index (χ3v) is 3.59. The maximum Gasteiger partial charge on any atom is 0.240 e. The molecule has 0 unspecified atom stereocenters. The second kappa shape index (κ2) is 5.72. The molecule has 0 fully saturated rings. The summed E-state index contributed by atoms with van der Waals surface area (Å²) in [6.07, 6.45) is 1.76. The lowest BCUT2D eigenvalue weighted by Crippen LogP contribution is -2.54. The van der Waals surface area contributed by atoms with Gasteiger partial charge in [0.1, 0.15) is 0 Å². The first-order valence-electron chi connectivity index (χ1n) is 5.10. The summed E-state index contributed by atoms with van der Waals surface area (Å²) < 4.78 is 25.9. The second-order valence-electron chi connectivity index (χ2n) is 3.39. The first kappa shape index (κ1) is 12.8. The predicted octanol–water partition coefficient (Wildman–Crippen LogP) is 0.499. The topological polar surface area (TPSA) is 82.4 Å². The Balaban J connectivity index is 2.77. The van der Waals surface area contributed by atoms with Gasteiger partial charge in [-0.05, 0) is 18.6 Å². The van der Waals surface area contributed by atoms with E-state index < -0.39 is 10.0 Å². The molecule has 0 radical (unpaired) electrons. The summed E-state index contributed by atoms with van der Waals surface area (Å²) in [5, 5.41) is 1.94. The monoisotopic (exact) mass is 241 g/mol. The Kier molecular flexibility index (Phi) is 4.57. The lowest BCUT2D eigenvalue weighted by molar-refractivity contribution is -0.379. The van der Waals surface area contributed by atoms with E-state index in [-0.39, 0.29) is 4.90 Å². The van der Waals surface area contributed by atoms with Crippen LogP contribution in [-0.2, 0) is 10.0 Å². The average Bonchev–Trinajstić information content (AvgIpc) is 2.29. The Morgan fingerprint density at radius 1 is 1.31 bits per heavy atom. The third-order valence-electron chi connectivity index (χ3n) is 2.12. The van der Waals surface area contributed by atoms with Gasteiger partial charge in [0.2, 0.25) is 10.0 Å². The first-order valence-corrected chi connectivity index (χ1v) is 6.58. The number of hydrogen-bond acceptors (Lipinski definition) is 2. The summed E-state index contributed by atoms with van der Waals surface area (Å²) in [4.78, 5) is 0.197. The summed E-state index contributed by atoms with van der Waals surface area (Å²) in [6.45, 7) is 2.44. The maximum atomic E-state index is 11.7. The zero-order valence-corrected chi connectivity index (χ0v) is 9.92. The highest BCUT2D eigenvalue weighted by Crippen LogP contribution is 2.10. The molecule has 0 spiro atoms. The number of unbranched alkanes of at least 4 members (excludes halogenated alkanes) is 1. The summed E-state index contributed by atoms with van der Waals surface area (Å²) in [7, 11) is -3.42. The normalized spacial score (nSPS) is 11.3. The molecule has 88 valence electrons. The standard InChI is InChI=1S/C10H15N3O2S/c1-2-3-8-12-16(14,15)10-6-4-9(13-11)5-7-10/h4-7,12-13H,2-3,8H2,1H3. The van der Waals surface area contributed by atoms with Gasteiger partial charge in [-0.15, -0.1) is 0 Å². The Bertz CT molecular complexity index is 440. The minimum atomic E-state index is -3.42. The molecule has 1 aromatic carbocycles. The van der Waals surface area contributed by atoms with Gasteiger partial charge < -0.3 is 5.53 Å². The molecular formula is C10H15N3O2S. The van der Waals surface area contributed by atoms with Crippen molar-refractivity contribution < 1.29 is 13.5 Å². The number of hydrogen-bond donors (Lipinski definition) is 2. The highest BCUT2D eigenvalue weighted by atomic mass is 32.2. The van der Waals surface area contributed by atoms with E-state index in [9.17, 15) is 8.42 Å². The minimum absolute atomic E-state index is 0.197. The van der Waals surface area contributed by atoms with Gasteiger partial charge in [-0.25, -0.2) is 13.1 Å². The van der Waals surface area contributed by atoms with Crippen LogP contribution in [0.3, 0.4) is 0 Å². The minimum Gasteiger partial charge on any atom is -0.502 e. The predicted molar refractivity (Wildman–Crippen MR) is 60.5 cm³/mol. The van der Waals surface area contributed by atoms with Gasteiger partial charge in [-0.2, -0.15) is 0 Å². The third kappa shape index (κ3) is 3.39. The summed E-state index contributed by atoms with van der Waals surface area (Å²) in [6, 6.07) is 5.86. The van der Waals surface area contributed by atoms with E-state index in [0.29, 0.717) is 12.2 Å². The SMILES string of the molecule is CCCCNS(=O)(=O)c1ccc([NH+]=[N-])cc1. The molecule has 0 aliphatic rings. The van der Waals surface area contributed by atoms with Gasteiger partial charge in [0.05, 0.1) is 4.90 Å². The quantitative estimate of drug-likeness (QED) is 0.561. The maximum absolute atomic E-state index is 11.7. The van der Waals surface area contributed by atoms with Gasteiger partial charge in [0, 0.05) is 18.7 Å². The molecule has 1 rings (SSSR count). The average molecular weight is 241 g/mol. The molecule has 0 aliphatic heterocycles. The molecule has 1 aromatic rings. The number of sulfonamides is 1. The molecule has 16 heavy (non-hydrogen) atoms. The van der Waals surface area contributed by atoms with Crippen LogP contribution in [0.1, 0.15) is 19.8 Å². The summed E-state index contributed by atoms with van der Waals surface area (Å²) in [5.41, 5.74) is 9.04. The van der Waals surface area contributed by atoms with Crippen LogP contribution in [0, 0.1) is 0 Å². The highest BCUT2D eigenvalue weighted by Gasteiger charge is 2.12. The molecular weight excluding hydrogens is 226 g/mol. The lowest BCUT2D eigenvalue weighted by atomic mass is 10.3. The van der Waals surface area contributed by atoms with Crippen molar-refractivity contribution in [2.75, 3.05) is 6.54 Å². The zero-order valence-electron chi connectivity index (χ0n) is 9.10. The van der Waals surface area contributed by atoms with Crippen molar-refractivity contribution in [1.29, 1.82) is 0 Å². The molecule has 0 saturated carbocycles. The van der Waals surface area contributed by atoms with Gasteiger partial charge in [-0.3, -0.25) is 5.11 Å². The Labute approximate surface area is 95.4 Å². The van der Waals surface area contributed by atoms with Crippen LogP contribution in [0.15, 0.2) is 29.2 Å². The van der Waals surface area contributed by atoms with E-state index >= 15 is 0 Å². The molecule has 0 saturated heterocycles. The summed E-state index contributed by atoms with van der Waals surface area (Å²) >= 11 is 0. The van der Waals surface area contributed by atoms with Crippen LogP contribution in [0.4, 0.5) is 5.69 Å². The van der Waals surface area contributed by atoms with E-state index in [4.69, 9.17) is 5.53 Å². The molecule has 0 heterocycles. The van der Waals surface area contributed by atoms with Crippen molar-refractivity contribution in [1.82, 2.24) is 4.72 Å². The van der Waals surface area contributed by atoms with Crippen molar-refractivity contribution in [3.8, 4) is 0 Å². The Morgan fingerprint density at radius 2 is 1.94 bits per heavy atom. The molecule has 0 bridgehead atoms. The van der Waals surface area contributed by atoms with E-state index in [0.717, 1.165) is 12.8 Å². The molecule has 0 amide bonds. The van der Waals surface area contributed by atoms with Gasteiger partial charge >= 0.3 is 0 Å². The zero-order chi connectivity index (χ0) is 12.0. The summed E-state index contributed by atoms with van der Waals surface area (Å²) in [5.74, 6) is 0. The highest BCUT2D eigenvalue weighted by molar-refractivity contribution is 7.89. The number of nitrogens with zero attached hydrogens (tertiary/aromatic N) is 1. The van der Waals surface area contributed by atoms with Crippen molar-refractivity contribution in [3.05, 3.63) is 29.8 Å². The molecule has 0 atom stereocenters. The van der Waals surface area contributed by atoms with Crippen molar-refractivity contribution >= 4 is 15.7 Å². The van der Waals surface area contributed by atoms with Crippen molar-refractivity contribution in [2.24, 2.45) is 0 Å². The van der Waals surface area contributed by atoms with Crippen molar-refractivity contribution in [2.45, 2.75) is 24.7 Å². The van der Waals surface area contributed by atoms with Crippen LogP contribution < -0.4 is 9.84 Å². The van der Waals surface area contributed by atoms with Gasteiger partial charge in [0.25, 0.3) is 0 Å². The number of nitrogens with one attached hydrogen (secondary N) is 2. The van der Waals surface area contributed by atoms with Crippen LogP contribution >= 0.6 is 0 Å². The fraction of sp³-hybridized carbons (Fsp3) is 0.400. The van der Waals surface area contributed by atoms with Crippen LogP contribution in [0.5, 0.6) is 0 Å². The van der Waals surface area contributed by atoms with Crippen LogP contribution in [-0.4, -0.2) is 15.0 Å². The lowest BCUT2D eigenvalue weighted by Gasteiger charge is -2.05. The molecule has 0 aromatic heterocycles. The van der Waals surface area contributed by atoms with E-state index in [1.54, 1.807) is 0 Å². The molecule has 5 nitrogen and oxygen atoms in total. The Morgan fingerprint density at radius 3 is 2.44 bits per heavy atom. The van der Waals surface area contributed by atoms with Gasteiger partial charge in [0.15, 0.2) is 5.69 Å².